The van der Waals surface area contributed by atoms with Gasteiger partial charge in [0.25, 0.3) is 0 Å². The van der Waals surface area contributed by atoms with Crippen LogP contribution >= 0.6 is 11.8 Å². The molecule has 0 spiro atoms. The zero-order valence-electron chi connectivity index (χ0n) is 22.2. The number of hydrogen-bond acceptors (Lipinski definition) is 7. The number of aliphatic hydroxyl groups is 1. The van der Waals surface area contributed by atoms with E-state index in [1.54, 1.807) is 30.3 Å². The van der Waals surface area contributed by atoms with Gasteiger partial charge in [0, 0.05) is 22.9 Å². The average Bonchev–Trinajstić information content (AvgIpc) is 3.34. The summed E-state index contributed by atoms with van der Waals surface area (Å²) < 4.78 is 83.5. The van der Waals surface area contributed by atoms with Gasteiger partial charge in [0.2, 0.25) is 0 Å². The van der Waals surface area contributed by atoms with E-state index < -0.39 is 24.0 Å². The number of benzene rings is 3. The highest BCUT2D eigenvalue weighted by molar-refractivity contribution is 7.98. The van der Waals surface area contributed by atoms with E-state index in [0.717, 1.165) is 45.6 Å². The summed E-state index contributed by atoms with van der Waals surface area (Å²) in [7, 11) is 0. The first-order chi connectivity index (χ1) is 19.7. The molecule has 0 aliphatic rings. The van der Waals surface area contributed by atoms with Crippen LogP contribution in [0.5, 0.6) is 5.75 Å². The first kappa shape index (κ1) is 30.8. The van der Waals surface area contributed by atoms with Crippen LogP contribution < -0.4 is 21.3 Å². The third kappa shape index (κ3) is 6.66. The first-order valence-electron chi connectivity index (χ1n) is 12.1. The SMILES string of the molecule is CSc1cc(-c2ccc(-n3cc(C(F)(F)F)nc3C)c(N(N)/C(=C\N)c3ccc(OC(F)(F)F)cc3)c2)ccc1CO. The summed E-state index contributed by atoms with van der Waals surface area (Å²) in [6.45, 7) is 1.25. The Labute approximate surface area is 241 Å². The van der Waals surface area contributed by atoms with Gasteiger partial charge in [-0.15, -0.1) is 24.9 Å². The standard InChI is InChI=1S/C28H25F6N5O2S/c1-16-37-26(27(29,30)31)14-38(16)22-10-7-18(19-3-4-20(15-40)25(12-19)42-2)11-23(22)39(36)24(13-35)17-5-8-21(9-6-17)41-28(32,33)34/h3-14,40H,15,35-36H2,1-2H3/b24-13-. The predicted molar refractivity (Wildman–Crippen MR) is 148 cm³/mol. The first-order valence-corrected chi connectivity index (χ1v) is 13.4. The lowest BCUT2D eigenvalue weighted by Gasteiger charge is -2.26. The molecule has 222 valence electrons. The maximum absolute atomic E-state index is 13.5. The maximum Gasteiger partial charge on any atom is 0.573 e. The van der Waals surface area contributed by atoms with Crippen molar-refractivity contribution in [3.05, 3.63) is 95.7 Å². The van der Waals surface area contributed by atoms with Crippen LogP contribution in [0.4, 0.5) is 32.0 Å². The topological polar surface area (TPSA) is 103 Å². The Balaban J connectivity index is 1.85. The minimum atomic E-state index is -4.88. The van der Waals surface area contributed by atoms with Crippen LogP contribution in [0.1, 0.15) is 22.6 Å². The van der Waals surface area contributed by atoms with Gasteiger partial charge in [-0.2, -0.15) is 13.2 Å². The smallest absolute Gasteiger partial charge is 0.406 e. The molecule has 0 aliphatic heterocycles. The van der Waals surface area contributed by atoms with Crippen LogP contribution in [-0.4, -0.2) is 27.3 Å². The molecule has 4 aromatic rings. The summed E-state index contributed by atoms with van der Waals surface area (Å²) in [6, 6.07) is 15.1. The van der Waals surface area contributed by atoms with Crippen LogP contribution in [0.15, 0.2) is 78.0 Å². The van der Waals surface area contributed by atoms with E-state index in [4.69, 9.17) is 11.6 Å². The number of ether oxygens (including phenoxy) is 1. The summed E-state index contributed by atoms with van der Waals surface area (Å²) in [5.41, 5.74) is 7.79. The fraction of sp³-hybridized carbons (Fsp3) is 0.179. The molecule has 1 aromatic heterocycles. The average molecular weight is 610 g/mol. The molecule has 1 heterocycles. The Kier molecular flexibility index (Phi) is 8.80. The Morgan fingerprint density at radius 3 is 2.21 bits per heavy atom. The Bertz CT molecular complexity index is 1600. The molecule has 14 heteroatoms. The lowest BCUT2D eigenvalue weighted by Crippen LogP contribution is -2.31. The molecule has 0 unspecified atom stereocenters. The number of nitrogens with zero attached hydrogens (tertiary/aromatic N) is 3. The number of nitrogens with two attached hydrogens (primary N) is 2. The van der Waals surface area contributed by atoms with Crippen molar-refractivity contribution in [1.82, 2.24) is 9.55 Å². The Morgan fingerprint density at radius 1 is 1.02 bits per heavy atom. The third-order valence-electron chi connectivity index (χ3n) is 6.26. The number of rotatable bonds is 8. The number of hydrogen-bond donors (Lipinski definition) is 3. The number of halogens is 6. The van der Waals surface area contributed by atoms with E-state index in [2.05, 4.69) is 9.72 Å². The van der Waals surface area contributed by atoms with Gasteiger partial charge in [-0.05, 0) is 72.3 Å². The molecule has 0 saturated carbocycles. The predicted octanol–water partition coefficient (Wildman–Crippen LogP) is 6.62. The quantitative estimate of drug-likeness (QED) is 0.0894. The van der Waals surface area contributed by atoms with E-state index >= 15 is 0 Å². The number of aromatic nitrogens is 2. The Hall–Kier alpha value is -4.14. The Morgan fingerprint density at radius 2 is 1.67 bits per heavy atom. The zero-order valence-corrected chi connectivity index (χ0v) is 23.0. The largest absolute Gasteiger partial charge is 0.573 e. The van der Waals surface area contributed by atoms with Crippen molar-refractivity contribution >= 4 is 23.1 Å². The zero-order chi connectivity index (χ0) is 30.8. The fourth-order valence-electron chi connectivity index (χ4n) is 4.28. The second kappa shape index (κ2) is 12.0. The molecule has 0 fully saturated rings. The minimum absolute atomic E-state index is 0.0358. The normalized spacial score (nSPS) is 12.5. The number of aliphatic hydroxyl groups excluding tert-OH is 1. The van der Waals surface area contributed by atoms with Gasteiger partial charge in [-0.1, -0.05) is 18.2 Å². The second-order valence-corrected chi connectivity index (χ2v) is 9.77. The highest BCUT2D eigenvalue weighted by atomic mass is 32.2. The van der Waals surface area contributed by atoms with Crippen LogP contribution in [0.3, 0.4) is 0 Å². The summed E-state index contributed by atoms with van der Waals surface area (Å²) in [5.74, 6) is 6.11. The molecule has 0 saturated heterocycles. The highest BCUT2D eigenvalue weighted by Crippen LogP contribution is 2.37. The van der Waals surface area contributed by atoms with E-state index in [0.29, 0.717) is 11.1 Å². The van der Waals surface area contributed by atoms with Gasteiger partial charge in [0.15, 0.2) is 5.69 Å². The molecule has 3 aromatic carbocycles. The van der Waals surface area contributed by atoms with Crippen molar-refractivity contribution in [1.29, 1.82) is 0 Å². The lowest BCUT2D eigenvalue weighted by atomic mass is 10.0. The molecule has 0 bridgehead atoms. The van der Waals surface area contributed by atoms with Gasteiger partial charge >= 0.3 is 12.5 Å². The third-order valence-corrected chi connectivity index (χ3v) is 7.08. The molecule has 4 rings (SSSR count). The van der Waals surface area contributed by atoms with Crippen LogP contribution in [0.25, 0.3) is 22.5 Å². The van der Waals surface area contributed by atoms with Crippen molar-refractivity contribution in [3.8, 4) is 22.6 Å². The lowest BCUT2D eigenvalue weighted by molar-refractivity contribution is -0.274. The number of anilines is 1. The number of alkyl halides is 6. The van der Waals surface area contributed by atoms with Crippen LogP contribution in [-0.2, 0) is 12.8 Å². The van der Waals surface area contributed by atoms with Crippen molar-refractivity contribution in [2.45, 2.75) is 31.0 Å². The molecular formula is C28H25F6N5O2S. The maximum atomic E-state index is 13.5. The molecular weight excluding hydrogens is 584 g/mol. The summed E-state index contributed by atoms with van der Waals surface area (Å²) >= 11 is 1.44. The van der Waals surface area contributed by atoms with Crippen molar-refractivity contribution in [3.63, 3.8) is 0 Å². The molecule has 42 heavy (non-hydrogen) atoms. The van der Waals surface area contributed by atoms with Gasteiger partial charge in [0.05, 0.1) is 23.7 Å². The number of hydrazine groups is 1. The molecule has 7 nitrogen and oxygen atoms in total. The second-order valence-electron chi connectivity index (χ2n) is 8.92. The van der Waals surface area contributed by atoms with Crippen LogP contribution in [0, 0.1) is 6.92 Å². The van der Waals surface area contributed by atoms with Crippen molar-refractivity contribution in [2.75, 3.05) is 11.3 Å². The van der Waals surface area contributed by atoms with Gasteiger partial charge in [-0.25, -0.2) is 10.8 Å². The number of imidazole rings is 1. The molecule has 0 radical (unpaired) electrons. The summed E-state index contributed by atoms with van der Waals surface area (Å²) in [4.78, 5) is 4.48. The molecule has 5 N–H and O–H groups in total. The van der Waals surface area contributed by atoms with E-state index in [-0.39, 0.29) is 29.5 Å². The van der Waals surface area contributed by atoms with Crippen LogP contribution in [0.2, 0.25) is 0 Å². The van der Waals surface area contributed by atoms with E-state index in [9.17, 15) is 31.4 Å². The van der Waals surface area contributed by atoms with Crippen molar-refractivity contribution in [2.24, 2.45) is 11.6 Å². The van der Waals surface area contributed by atoms with Gasteiger partial charge < -0.3 is 20.1 Å². The molecule has 0 amide bonds. The van der Waals surface area contributed by atoms with Gasteiger partial charge in [0.1, 0.15) is 11.6 Å². The van der Waals surface area contributed by atoms with Gasteiger partial charge in [-0.3, -0.25) is 5.01 Å². The summed E-state index contributed by atoms with van der Waals surface area (Å²) in [6.07, 6.45) is -5.74. The number of aryl methyl sites for hydroxylation is 1. The minimum Gasteiger partial charge on any atom is -0.406 e. The van der Waals surface area contributed by atoms with Crippen molar-refractivity contribution < 1.29 is 36.2 Å². The highest BCUT2D eigenvalue weighted by Gasteiger charge is 2.35. The molecule has 0 atom stereocenters. The fourth-order valence-corrected chi connectivity index (χ4v) is 4.92. The molecule has 0 aliphatic carbocycles. The number of thioether (sulfide) groups is 1. The monoisotopic (exact) mass is 609 g/mol. The van der Waals surface area contributed by atoms with E-state index in [1.807, 2.05) is 12.3 Å². The summed E-state index contributed by atoms with van der Waals surface area (Å²) in [5, 5.41) is 10.8. The van der Waals surface area contributed by atoms with E-state index in [1.165, 1.54) is 35.4 Å².